The van der Waals surface area contributed by atoms with Gasteiger partial charge in [0.2, 0.25) is 17.8 Å². The Balaban J connectivity index is 1.35. The first kappa shape index (κ1) is 19.2. The number of nitrogens with one attached hydrogen (secondary N) is 3. The van der Waals surface area contributed by atoms with Crippen molar-refractivity contribution >= 4 is 41.1 Å². The maximum absolute atomic E-state index is 12.0. The highest BCUT2D eigenvalue weighted by atomic mass is 16.2. The lowest BCUT2D eigenvalue weighted by Crippen LogP contribution is -2.19. The van der Waals surface area contributed by atoms with Crippen LogP contribution in [0.25, 0.3) is 17.4 Å². The number of fused-ring (bicyclic) bond motifs is 1. The van der Waals surface area contributed by atoms with Crippen molar-refractivity contribution < 1.29 is 9.59 Å². The highest BCUT2D eigenvalue weighted by Crippen LogP contribution is 2.27. The maximum Gasteiger partial charge on any atom is 0.254 e. The van der Waals surface area contributed by atoms with E-state index >= 15 is 0 Å². The third-order valence-electron chi connectivity index (χ3n) is 5.42. The van der Waals surface area contributed by atoms with Crippen molar-refractivity contribution in [2.24, 2.45) is 0 Å². The normalized spacial score (nSPS) is 17.0. The number of amides is 2. The van der Waals surface area contributed by atoms with Gasteiger partial charge < -0.3 is 10.6 Å². The number of carbonyl (C=O) groups excluding carboxylic acids is 2. The Bertz CT molecular complexity index is 1400. The largest absolute Gasteiger partial charge is 0.351 e. The van der Waals surface area contributed by atoms with Gasteiger partial charge in [-0.2, -0.15) is 24.7 Å². The number of rotatable bonds is 6. The monoisotopic (exact) mass is 441 g/mol. The minimum absolute atomic E-state index is 0.0438. The van der Waals surface area contributed by atoms with Gasteiger partial charge in [0.15, 0.2) is 5.65 Å². The van der Waals surface area contributed by atoms with Gasteiger partial charge in [0, 0.05) is 35.3 Å². The minimum Gasteiger partial charge on any atom is -0.351 e. The average molecular weight is 441 g/mol. The van der Waals surface area contributed by atoms with E-state index in [9.17, 15) is 9.59 Å². The SMILES string of the molecule is O=C1C/C(=C\c2cnn3c(NC4CC4)nc(Nc4ccc(-n5cccn5)cc4)nc23)C(=O)N1. The summed E-state index contributed by atoms with van der Waals surface area (Å²) in [5.74, 6) is 0.258. The lowest BCUT2D eigenvalue weighted by molar-refractivity contribution is -0.124. The topological polar surface area (TPSA) is 131 Å². The second-order valence-corrected chi connectivity index (χ2v) is 7.97. The van der Waals surface area contributed by atoms with Gasteiger partial charge in [0.25, 0.3) is 5.91 Å². The van der Waals surface area contributed by atoms with E-state index in [1.54, 1.807) is 27.7 Å². The van der Waals surface area contributed by atoms with Crippen LogP contribution in [-0.2, 0) is 9.59 Å². The molecule has 1 aliphatic carbocycles. The van der Waals surface area contributed by atoms with Crippen molar-refractivity contribution in [3.8, 4) is 5.69 Å². The molecule has 2 aliphatic rings. The number of anilines is 3. The Labute approximate surface area is 187 Å². The molecule has 1 saturated carbocycles. The van der Waals surface area contributed by atoms with Crippen LogP contribution in [0.1, 0.15) is 24.8 Å². The molecule has 0 unspecified atom stereocenters. The van der Waals surface area contributed by atoms with Crippen LogP contribution in [0.4, 0.5) is 17.6 Å². The molecule has 1 saturated heterocycles. The molecule has 11 heteroatoms. The molecule has 2 amide bonds. The molecule has 164 valence electrons. The first-order valence-corrected chi connectivity index (χ1v) is 10.6. The first-order valence-electron chi connectivity index (χ1n) is 10.6. The lowest BCUT2D eigenvalue weighted by Gasteiger charge is -2.11. The fourth-order valence-corrected chi connectivity index (χ4v) is 3.61. The molecule has 0 atom stereocenters. The number of hydrogen-bond donors (Lipinski definition) is 3. The fourth-order valence-electron chi connectivity index (χ4n) is 3.61. The summed E-state index contributed by atoms with van der Waals surface area (Å²) in [7, 11) is 0. The predicted molar refractivity (Wildman–Crippen MR) is 120 cm³/mol. The summed E-state index contributed by atoms with van der Waals surface area (Å²) < 4.78 is 3.39. The van der Waals surface area contributed by atoms with E-state index in [0.717, 1.165) is 24.2 Å². The van der Waals surface area contributed by atoms with E-state index in [1.165, 1.54) is 0 Å². The Morgan fingerprint density at radius 2 is 1.94 bits per heavy atom. The smallest absolute Gasteiger partial charge is 0.254 e. The summed E-state index contributed by atoms with van der Waals surface area (Å²) >= 11 is 0. The van der Waals surface area contributed by atoms with Crippen molar-refractivity contribution in [1.29, 1.82) is 0 Å². The third kappa shape index (κ3) is 3.80. The predicted octanol–water partition coefficient (Wildman–Crippen LogP) is 2.06. The fraction of sp³-hybridized carbons (Fsp3) is 0.182. The highest BCUT2D eigenvalue weighted by molar-refractivity contribution is 6.15. The molecule has 0 spiro atoms. The van der Waals surface area contributed by atoms with Crippen LogP contribution in [0, 0.1) is 0 Å². The molecule has 1 aromatic carbocycles. The van der Waals surface area contributed by atoms with E-state index in [2.05, 4.69) is 36.1 Å². The Morgan fingerprint density at radius 3 is 2.64 bits per heavy atom. The molecule has 3 N–H and O–H groups in total. The number of nitrogens with zero attached hydrogens (tertiary/aromatic N) is 6. The maximum atomic E-state index is 12.0. The summed E-state index contributed by atoms with van der Waals surface area (Å²) in [6.45, 7) is 0. The number of aromatic nitrogens is 6. The van der Waals surface area contributed by atoms with E-state index in [4.69, 9.17) is 0 Å². The molecule has 11 nitrogen and oxygen atoms in total. The van der Waals surface area contributed by atoms with Crippen LogP contribution >= 0.6 is 0 Å². The third-order valence-corrected chi connectivity index (χ3v) is 5.42. The van der Waals surface area contributed by atoms with Gasteiger partial charge in [-0.3, -0.25) is 14.9 Å². The van der Waals surface area contributed by atoms with Gasteiger partial charge in [0.05, 0.1) is 18.3 Å². The van der Waals surface area contributed by atoms with Crippen molar-refractivity contribution in [2.45, 2.75) is 25.3 Å². The van der Waals surface area contributed by atoms with Crippen LogP contribution in [-0.4, -0.2) is 47.2 Å². The van der Waals surface area contributed by atoms with Gasteiger partial charge in [-0.25, -0.2) is 4.68 Å². The Morgan fingerprint density at radius 1 is 1.09 bits per heavy atom. The molecule has 0 radical (unpaired) electrons. The summed E-state index contributed by atoms with van der Waals surface area (Å²) in [4.78, 5) is 32.8. The van der Waals surface area contributed by atoms with Gasteiger partial charge in [-0.1, -0.05) is 0 Å². The van der Waals surface area contributed by atoms with Gasteiger partial charge in [-0.15, -0.1) is 0 Å². The van der Waals surface area contributed by atoms with Crippen molar-refractivity contribution in [2.75, 3.05) is 10.6 Å². The zero-order valence-corrected chi connectivity index (χ0v) is 17.4. The zero-order valence-electron chi connectivity index (χ0n) is 17.4. The molecule has 6 rings (SSSR count). The van der Waals surface area contributed by atoms with Crippen LogP contribution in [0.15, 0.2) is 54.5 Å². The highest BCUT2D eigenvalue weighted by Gasteiger charge is 2.26. The van der Waals surface area contributed by atoms with Gasteiger partial charge in [-0.05, 0) is 49.2 Å². The lowest BCUT2D eigenvalue weighted by atomic mass is 10.1. The number of carbonyl (C=O) groups is 2. The van der Waals surface area contributed by atoms with Crippen LogP contribution in [0.2, 0.25) is 0 Å². The Hall–Kier alpha value is -4.54. The molecule has 33 heavy (non-hydrogen) atoms. The van der Waals surface area contributed by atoms with Crippen molar-refractivity contribution in [3.63, 3.8) is 0 Å². The quantitative estimate of drug-likeness (QED) is 0.306. The molecule has 3 aromatic heterocycles. The van der Waals surface area contributed by atoms with E-state index in [0.29, 0.717) is 34.7 Å². The second-order valence-electron chi connectivity index (χ2n) is 7.97. The summed E-state index contributed by atoms with van der Waals surface area (Å²) in [6.07, 6.45) is 9.07. The molecular formula is C22H19N9O2. The zero-order chi connectivity index (χ0) is 22.4. The second kappa shape index (κ2) is 7.55. The molecule has 4 aromatic rings. The van der Waals surface area contributed by atoms with E-state index in [-0.39, 0.29) is 18.2 Å². The summed E-state index contributed by atoms with van der Waals surface area (Å²) in [6, 6.07) is 9.96. The summed E-state index contributed by atoms with van der Waals surface area (Å²) in [5.41, 5.74) is 3.30. The standard InChI is InChI=1S/C22H19N9O2/c32-18-11-13(20(33)27-18)10-14-12-24-31-19(14)28-21(29-22(31)26-16-2-3-16)25-15-4-6-17(7-5-15)30-9-1-8-23-30/h1,4-10,12,16H,2-3,11H2,(H,27,32,33)(H2,25,26,28,29)/b13-10+. The summed E-state index contributed by atoms with van der Waals surface area (Å²) in [5, 5.41) is 17.6. The average Bonchev–Trinajstić information content (AvgIpc) is 3.17. The van der Waals surface area contributed by atoms with Crippen LogP contribution < -0.4 is 16.0 Å². The number of imide groups is 1. The van der Waals surface area contributed by atoms with Gasteiger partial charge in [0.1, 0.15) is 0 Å². The van der Waals surface area contributed by atoms with Gasteiger partial charge >= 0.3 is 0 Å². The molecular weight excluding hydrogens is 422 g/mol. The Kier molecular flexibility index (Phi) is 4.39. The van der Waals surface area contributed by atoms with Crippen molar-refractivity contribution in [1.82, 2.24) is 34.7 Å². The van der Waals surface area contributed by atoms with E-state index < -0.39 is 0 Å². The molecule has 0 bridgehead atoms. The van der Waals surface area contributed by atoms with E-state index in [1.807, 2.05) is 36.5 Å². The molecule has 1 aliphatic heterocycles. The minimum atomic E-state index is -0.389. The first-order chi connectivity index (χ1) is 16.1. The van der Waals surface area contributed by atoms with Crippen LogP contribution in [0.3, 0.4) is 0 Å². The molecule has 2 fully saturated rings. The molecule has 4 heterocycles. The van der Waals surface area contributed by atoms with Crippen LogP contribution in [0.5, 0.6) is 0 Å². The van der Waals surface area contributed by atoms with Crippen molar-refractivity contribution in [3.05, 3.63) is 60.1 Å². The number of benzene rings is 1. The number of hydrogen-bond acceptors (Lipinski definition) is 8.